The molecule has 0 aromatic heterocycles. The molecule has 0 amide bonds. The minimum atomic E-state index is 0. The summed E-state index contributed by atoms with van der Waals surface area (Å²) in [6.07, 6.45) is 0. The van der Waals surface area contributed by atoms with E-state index in [-0.39, 0.29) is 64.4 Å². The van der Waals surface area contributed by atoms with Gasteiger partial charge >= 0.3 is 19.5 Å². The Bertz CT molecular complexity index is 83.0. The number of nitrogens with one attached hydrogen (secondary N) is 1. The first-order valence-electron chi connectivity index (χ1n) is 2.36. The molecule has 0 spiro atoms. The summed E-state index contributed by atoms with van der Waals surface area (Å²) in [5.41, 5.74) is 7.03. The largest absolute Gasteiger partial charge is 1.00 e. The van der Waals surface area contributed by atoms with Gasteiger partial charge in [0, 0.05) is 39.0 Å². The second-order valence-corrected chi connectivity index (χ2v) is 1.76. The predicted molar refractivity (Wildman–Crippen MR) is 32.5 cm³/mol. The van der Waals surface area contributed by atoms with Gasteiger partial charge < -0.3 is 10.7 Å². The van der Waals surface area contributed by atoms with Crippen molar-refractivity contribution >= 4 is 5.84 Å². The zero-order chi connectivity index (χ0) is 5.86. The molecule has 0 aromatic rings. The maximum atomic E-state index is 7.03. The summed E-state index contributed by atoms with van der Waals surface area (Å²) in [5, 5.41) is 0. The van der Waals surface area contributed by atoms with E-state index in [9.17, 15) is 0 Å². The molecule has 0 bridgehead atoms. The number of amidine groups is 1. The Labute approximate surface area is 101 Å². The van der Waals surface area contributed by atoms with E-state index in [4.69, 9.17) is 5.73 Å². The molecule has 0 unspecified atom stereocenters. The van der Waals surface area contributed by atoms with E-state index in [1.807, 2.05) is 13.8 Å². The van der Waals surface area contributed by atoms with Gasteiger partial charge in [-0.15, -0.1) is 0 Å². The maximum Gasteiger partial charge on any atom is 1.00 e. The summed E-state index contributed by atoms with van der Waals surface area (Å²) in [6, 6.07) is 0. The molecular weight excluding hydrogens is 391 g/mol. The molecule has 0 atom stereocenters. The molecule has 65 valence electrons. The SMILES string of the molecule is CN=C([NH-])C(C)C.[Ru+].[Ru].[Ru]. The van der Waals surface area contributed by atoms with Crippen molar-refractivity contribution in [3.05, 3.63) is 5.73 Å². The van der Waals surface area contributed by atoms with Gasteiger partial charge in [-0.3, -0.25) is 0 Å². The molecule has 10 heavy (non-hydrogen) atoms. The van der Waals surface area contributed by atoms with E-state index >= 15 is 0 Å². The number of rotatable bonds is 1. The van der Waals surface area contributed by atoms with Crippen LogP contribution in [0.1, 0.15) is 13.8 Å². The number of nitrogens with zero attached hydrogens (tertiary/aromatic N) is 1. The van der Waals surface area contributed by atoms with Crippen LogP contribution in [0.25, 0.3) is 5.73 Å². The third-order valence-electron chi connectivity index (χ3n) is 0.788. The monoisotopic (exact) mass is 405 g/mol. The van der Waals surface area contributed by atoms with Crippen molar-refractivity contribution in [2.45, 2.75) is 13.8 Å². The van der Waals surface area contributed by atoms with Crippen molar-refractivity contribution in [1.29, 1.82) is 0 Å². The Kier molecular flexibility index (Phi) is 29.2. The molecule has 0 saturated carbocycles. The molecule has 5 heteroatoms. The van der Waals surface area contributed by atoms with Gasteiger partial charge in [-0.05, 0) is 5.92 Å². The standard InChI is InChI=1S/C5H11N2.3Ru/c1-4(2)5(6)7-3;;;/h4H,1-3H3,(H-,6,7);;;/q-1;;;+1. The average molecular weight is 402 g/mol. The molecule has 0 aliphatic carbocycles. The van der Waals surface area contributed by atoms with Crippen LogP contribution in [0.2, 0.25) is 0 Å². The third kappa shape index (κ3) is 12.1. The minimum Gasteiger partial charge on any atom is -0.486 e. The first-order chi connectivity index (χ1) is 3.18. The molecule has 1 N–H and O–H groups in total. The first kappa shape index (κ1) is 22.5. The Morgan fingerprint density at radius 3 is 1.60 bits per heavy atom. The van der Waals surface area contributed by atoms with Crippen LogP contribution in [0.3, 0.4) is 0 Å². The van der Waals surface area contributed by atoms with Gasteiger partial charge in [0.2, 0.25) is 0 Å². The molecule has 2 nitrogen and oxygen atoms in total. The molecular formula is C5H11N2Ru3. The van der Waals surface area contributed by atoms with Gasteiger partial charge in [-0.1, -0.05) is 26.7 Å². The van der Waals surface area contributed by atoms with Crippen molar-refractivity contribution in [3.63, 3.8) is 0 Å². The Morgan fingerprint density at radius 2 is 1.60 bits per heavy atom. The van der Waals surface area contributed by atoms with E-state index < -0.39 is 0 Å². The Morgan fingerprint density at radius 1 is 1.30 bits per heavy atom. The maximum absolute atomic E-state index is 7.03. The van der Waals surface area contributed by atoms with Crippen LogP contribution in [0, 0.1) is 5.92 Å². The second-order valence-electron chi connectivity index (χ2n) is 1.76. The van der Waals surface area contributed by atoms with E-state index in [0.29, 0.717) is 5.84 Å². The fraction of sp³-hybridized carbons (Fsp3) is 0.800. The molecule has 1 radical (unpaired) electrons. The molecule has 0 aliphatic rings. The number of hydrogen-bond donors (Lipinski definition) is 0. The van der Waals surface area contributed by atoms with E-state index in [0.717, 1.165) is 0 Å². The van der Waals surface area contributed by atoms with Gasteiger partial charge in [0.05, 0.1) is 0 Å². The fourth-order valence-corrected chi connectivity index (χ4v) is 0.258. The quantitative estimate of drug-likeness (QED) is 0.364. The van der Waals surface area contributed by atoms with Crippen LogP contribution in [0.15, 0.2) is 4.99 Å². The topological polar surface area (TPSA) is 36.2 Å². The Balaban J connectivity index is -0.0000000600. The van der Waals surface area contributed by atoms with Crippen LogP contribution in [0.5, 0.6) is 0 Å². The van der Waals surface area contributed by atoms with Crippen molar-refractivity contribution in [3.8, 4) is 0 Å². The van der Waals surface area contributed by atoms with Crippen LogP contribution < -0.4 is 0 Å². The fourth-order valence-electron chi connectivity index (χ4n) is 0.258. The van der Waals surface area contributed by atoms with E-state index in [2.05, 4.69) is 4.99 Å². The smallest absolute Gasteiger partial charge is 0.486 e. The van der Waals surface area contributed by atoms with Crippen LogP contribution in [-0.4, -0.2) is 12.9 Å². The van der Waals surface area contributed by atoms with E-state index in [1.165, 1.54) is 0 Å². The summed E-state index contributed by atoms with van der Waals surface area (Å²) in [7, 11) is 1.64. The van der Waals surface area contributed by atoms with Gasteiger partial charge in [0.25, 0.3) is 0 Å². The summed E-state index contributed by atoms with van der Waals surface area (Å²) < 4.78 is 0. The zero-order valence-electron chi connectivity index (χ0n) is 6.09. The number of aliphatic imine (C=N–C) groups is 1. The van der Waals surface area contributed by atoms with Crippen molar-refractivity contribution < 1.29 is 58.4 Å². The first-order valence-corrected chi connectivity index (χ1v) is 2.36. The molecule has 0 saturated heterocycles. The predicted octanol–water partition coefficient (Wildman–Crippen LogP) is 1.72. The summed E-state index contributed by atoms with van der Waals surface area (Å²) in [4.78, 5) is 3.67. The van der Waals surface area contributed by atoms with Crippen molar-refractivity contribution in [2.75, 3.05) is 7.05 Å². The normalized spacial score (nSPS) is 9.00. The molecule has 0 aliphatic heterocycles. The zero-order valence-corrected chi connectivity index (χ0v) is 11.3. The average Bonchev–Trinajstić information content (AvgIpc) is 1.65. The second kappa shape index (κ2) is 13.0. The van der Waals surface area contributed by atoms with Crippen LogP contribution in [0.4, 0.5) is 0 Å². The summed E-state index contributed by atoms with van der Waals surface area (Å²) in [6.45, 7) is 3.91. The molecule has 0 fully saturated rings. The third-order valence-corrected chi connectivity index (χ3v) is 0.788. The van der Waals surface area contributed by atoms with Gasteiger partial charge in [0.1, 0.15) is 0 Å². The summed E-state index contributed by atoms with van der Waals surface area (Å²) >= 11 is 0. The van der Waals surface area contributed by atoms with Gasteiger partial charge in [0.15, 0.2) is 0 Å². The molecule has 0 aromatic carbocycles. The Hall–Kier alpha value is 1.34. The van der Waals surface area contributed by atoms with Crippen molar-refractivity contribution in [1.82, 2.24) is 0 Å². The van der Waals surface area contributed by atoms with Crippen LogP contribution in [-0.2, 0) is 58.4 Å². The summed E-state index contributed by atoms with van der Waals surface area (Å²) in [5.74, 6) is 0.755. The number of hydrogen-bond acceptors (Lipinski definition) is 1. The minimum absolute atomic E-state index is 0. The van der Waals surface area contributed by atoms with E-state index in [1.54, 1.807) is 7.05 Å². The van der Waals surface area contributed by atoms with Crippen molar-refractivity contribution in [2.24, 2.45) is 10.9 Å². The van der Waals surface area contributed by atoms with Crippen LogP contribution >= 0.6 is 0 Å². The van der Waals surface area contributed by atoms with Gasteiger partial charge in [-0.25, -0.2) is 0 Å². The molecule has 0 rings (SSSR count). The molecule has 0 heterocycles. The van der Waals surface area contributed by atoms with Gasteiger partial charge in [-0.2, -0.15) is 0 Å².